The van der Waals surface area contributed by atoms with Crippen molar-refractivity contribution in [3.8, 4) is 5.75 Å². The van der Waals surface area contributed by atoms with Crippen molar-refractivity contribution in [2.75, 3.05) is 33.3 Å². The first-order chi connectivity index (χ1) is 13.5. The molecule has 1 amide bonds. The van der Waals surface area contributed by atoms with E-state index in [1.807, 2.05) is 0 Å². The Morgan fingerprint density at radius 3 is 2.72 bits per heavy atom. The molecular formula is C19H29N3O7. The number of ether oxygens (including phenoxy) is 2. The van der Waals surface area contributed by atoms with Crippen LogP contribution in [-0.4, -0.2) is 88.2 Å². The van der Waals surface area contributed by atoms with Crippen molar-refractivity contribution in [1.29, 1.82) is 0 Å². The summed E-state index contributed by atoms with van der Waals surface area (Å²) in [7, 11) is 1.74. The van der Waals surface area contributed by atoms with Gasteiger partial charge in [0.1, 0.15) is 24.1 Å². The van der Waals surface area contributed by atoms with Gasteiger partial charge in [-0.05, 0) is 33.9 Å². The molecule has 1 heterocycles. The number of carbonyl (C=O) groups excluding carboxylic acids is 1. The highest BCUT2D eigenvalue weighted by Gasteiger charge is 2.38. The molecule has 2 rings (SSSR count). The molecular weight excluding hydrogens is 382 g/mol. The third-order valence-corrected chi connectivity index (χ3v) is 4.45. The van der Waals surface area contributed by atoms with Gasteiger partial charge in [0.05, 0.1) is 29.7 Å². The second-order valence-corrected chi connectivity index (χ2v) is 8.18. The van der Waals surface area contributed by atoms with Gasteiger partial charge in [-0.25, -0.2) is 4.79 Å². The van der Waals surface area contributed by atoms with Crippen LogP contribution in [0, 0.1) is 10.1 Å². The first-order valence-corrected chi connectivity index (χ1v) is 9.38. The van der Waals surface area contributed by atoms with Crippen LogP contribution in [-0.2, 0) is 4.74 Å². The summed E-state index contributed by atoms with van der Waals surface area (Å²) in [5.74, 6) is 0.290. The number of likely N-dealkylation sites (tertiary alicyclic amines) is 1. The van der Waals surface area contributed by atoms with E-state index in [1.54, 1.807) is 38.8 Å². The summed E-state index contributed by atoms with van der Waals surface area (Å²) in [6, 6.07) is 5.37. The van der Waals surface area contributed by atoms with Gasteiger partial charge in [0.25, 0.3) is 5.69 Å². The molecule has 2 N–H and O–H groups in total. The van der Waals surface area contributed by atoms with Crippen LogP contribution in [0.15, 0.2) is 24.3 Å². The van der Waals surface area contributed by atoms with Crippen molar-refractivity contribution < 1.29 is 29.4 Å². The monoisotopic (exact) mass is 411 g/mol. The number of nitrogens with zero attached hydrogens (tertiary/aromatic N) is 3. The molecule has 10 heteroatoms. The van der Waals surface area contributed by atoms with E-state index in [0.717, 1.165) is 0 Å². The van der Waals surface area contributed by atoms with E-state index in [9.17, 15) is 25.1 Å². The Balaban J connectivity index is 1.84. The number of benzene rings is 1. The van der Waals surface area contributed by atoms with Gasteiger partial charge in [-0.2, -0.15) is 0 Å². The van der Waals surface area contributed by atoms with Gasteiger partial charge in [0.2, 0.25) is 0 Å². The maximum atomic E-state index is 12.2. The summed E-state index contributed by atoms with van der Waals surface area (Å²) in [5.41, 5.74) is -0.711. The van der Waals surface area contributed by atoms with Crippen LogP contribution in [0.4, 0.5) is 10.5 Å². The smallest absolute Gasteiger partial charge is 0.410 e. The number of nitro groups is 1. The predicted octanol–water partition coefficient (Wildman–Crippen LogP) is 1.25. The molecule has 1 aromatic carbocycles. The number of hydrogen-bond acceptors (Lipinski definition) is 8. The van der Waals surface area contributed by atoms with Gasteiger partial charge in [-0.3, -0.25) is 15.0 Å². The molecule has 1 aliphatic rings. The lowest BCUT2D eigenvalue weighted by atomic mass is 10.2. The minimum absolute atomic E-state index is 0.0654. The van der Waals surface area contributed by atoms with Gasteiger partial charge in [0.15, 0.2) is 0 Å². The van der Waals surface area contributed by atoms with Crippen molar-refractivity contribution in [2.45, 2.75) is 44.6 Å². The third-order valence-electron chi connectivity index (χ3n) is 4.45. The summed E-state index contributed by atoms with van der Waals surface area (Å²) < 4.78 is 10.8. The van der Waals surface area contributed by atoms with E-state index < -0.39 is 28.8 Å². The summed E-state index contributed by atoms with van der Waals surface area (Å²) in [6.07, 6.45) is -2.14. The highest BCUT2D eigenvalue weighted by Crippen LogP contribution is 2.21. The molecule has 1 fully saturated rings. The lowest BCUT2D eigenvalue weighted by Gasteiger charge is -2.28. The van der Waals surface area contributed by atoms with Crippen LogP contribution in [0.3, 0.4) is 0 Å². The summed E-state index contributed by atoms with van der Waals surface area (Å²) >= 11 is 0. The first kappa shape index (κ1) is 22.9. The van der Waals surface area contributed by atoms with E-state index in [4.69, 9.17) is 9.47 Å². The molecule has 162 valence electrons. The number of β-amino-alcohol motifs (C(OH)–C–C–N with tert-alkyl or cyclic N) is 1. The quantitative estimate of drug-likeness (QED) is 0.507. The summed E-state index contributed by atoms with van der Waals surface area (Å²) in [4.78, 5) is 25.7. The molecule has 0 radical (unpaired) electrons. The molecule has 0 aromatic heterocycles. The van der Waals surface area contributed by atoms with E-state index in [2.05, 4.69) is 0 Å². The Hall–Kier alpha value is -2.43. The number of hydrogen-bond donors (Lipinski definition) is 2. The Morgan fingerprint density at radius 2 is 2.10 bits per heavy atom. The molecule has 1 aromatic rings. The van der Waals surface area contributed by atoms with Gasteiger partial charge in [-0.15, -0.1) is 0 Å². The largest absolute Gasteiger partial charge is 0.491 e. The number of likely N-dealkylation sites (N-methyl/N-ethyl adjacent to an activating group) is 1. The molecule has 0 saturated carbocycles. The van der Waals surface area contributed by atoms with E-state index in [0.29, 0.717) is 0 Å². The Labute approximate surface area is 169 Å². The van der Waals surface area contributed by atoms with Crippen molar-refractivity contribution in [3.63, 3.8) is 0 Å². The normalized spacial score (nSPS) is 20.6. The average Bonchev–Trinajstić information content (AvgIpc) is 3.01. The molecule has 0 unspecified atom stereocenters. The predicted molar refractivity (Wildman–Crippen MR) is 105 cm³/mol. The minimum atomic E-state index is -0.887. The number of aliphatic hydroxyl groups is 2. The standard InChI is InChI=1S/C19H29N3O7/c1-19(2,3)29-18(25)21-10-16(17(24)11-21)20(4)9-14(23)12-28-15-7-5-6-13(8-15)22(26)27/h5-8,14,16-17,23-24H,9-12H2,1-4H3/t14-,16+,17+/m1/s1. The van der Waals surface area contributed by atoms with Gasteiger partial charge < -0.3 is 24.6 Å². The summed E-state index contributed by atoms with van der Waals surface area (Å²) in [6.45, 7) is 5.90. The number of aliphatic hydroxyl groups excluding tert-OH is 2. The SMILES string of the molecule is CN(C[C@@H](O)COc1cccc([N+](=O)[O-])c1)[C@H]1CN(C(=O)OC(C)(C)C)C[C@@H]1O. The molecule has 1 aliphatic heterocycles. The van der Waals surface area contributed by atoms with E-state index >= 15 is 0 Å². The van der Waals surface area contributed by atoms with Crippen LogP contribution in [0.2, 0.25) is 0 Å². The fraction of sp³-hybridized carbons (Fsp3) is 0.632. The minimum Gasteiger partial charge on any atom is -0.491 e. The van der Waals surface area contributed by atoms with Gasteiger partial charge in [0, 0.05) is 19.2 Å². The van der Waals surface area contributed by atoms with Crippen molar-refractivity contribution >= 4 is 11.8 Å². The Bertz CT molecular complexity index is 722. The molecule has 0 aliphatic carbocycles. The molecule has 10 nitrogen and oxygen atoms in total. The number of carbonyl (C=O) groups is 1. The fourth-order valence-corrected chi connectivity index (χ4v) is 3.08. The molecule has 29 heavy (non-hydrogen) atoms. The van der Waals surface area contributed by atoms with Crippen LogP contribution in [0.25, 0.3) is 0 Å². The summed E-state index contributed by atoms with van der Waals surface area (Å²) in [5, 5.41) is 31.4. The molecule has 1 saturated heterocycles. The van der Waals surface area contributed by atoms with Crippen molar-refractivity contribution in [1.82, 2.24) is 9.80 Å². The second kappa shape index (κ2) is 9.38. The topological polar surface area (TPSA) is 126 Å². The highest BCUT2D eigenvalue weighted by atomic mass is 16.6. The second-order valence-electron chi connectivity index (χ2n) is 8.18. The molecule has 0 bridgehead atoms. The van der Waals surface area contributed by atoms with E-state index in [-0.39, 0.29) is 43.7 Å². The highest BCUT2D eigenvalue weighted by molar-refractivity contribution is 5.68. The third kappa shape index (κ3) is 6.84. The Kier molecular flexibility index (Phi) is 7.39. The first-order valence-electron chi connectivity index (χ1n) is 9.38. The number of non-ortho nitro benzene ring substituents is 1. The number of nitro benzene ring substituents is 1. The molecule has 3 atom stereocenters. The lowest BCUT2D eigenvalue weighted by molar-refractivity contribution is -0.384. The van der Waals surface area contributed by atoms with Crippen molar-refractivity contribution in [2.24, 2.45) is 0 Å². The fourth-order valence-electron chi connectivity index (χ4n) is 3.08. The van der Waals surface area contributed by atoms with Crippen molar-refractivity contribution in [3.05, 3.63) is 34.4 Å². The van der Waals surface area contributed by atoms with Crippen LogP contribution in [0.5, 0.6) is 5.75 Å². The van der Waals surface area contributed by atoms with Gasteiger partial charge in [-0.1, -0.05) is 6.07 Å². The van der Waals surface area contributed by atoms with Crippen LogP contribution < -0.4 is 4.74 Å². The zero-order valence-corrected chi connectivity index (χ0v) is 17.1. The zero-order valence-electron chi connectivity index (χ0n) is 17.1. The number of amides is 1. The maximum absolute atomic E-state index is 12.2. The van der Waals surface area contributed by atoms with Gasteiger partial charge >= 0.3 is 6.09 Å². The average molecular weight is 411 g/mol. The van der Waals surface area contributed by atoms with E-state index in [1.165, 1.54) is 23.1 Å². The molecule has 0 spiro atoms. The Morgan fingerprint density at radius 1 is 1.41 bits per heavy atom. The number of rotatable bonds is 7. The zero-order chi connectivity index (χ0) is 21.8. The maximum Gasteiger partial charge on any atom is 0.410 e. The van der Waals surface area contributed by atoms with Crippen LogP contribution >= 0.6 is 0 Å². The lowest BCUT2D eigenvalue weighted by Crippen LogP contribution is -2.45. The van der Waals surface area contributed by atoms with Crippen LogP contribution in [0.1, 0.15) is 20.8 Å².